The largest absolute Gasteiger partial charge is 0.381 e. The Morgan fingerprint density at radius 1 is 0.938 bits per heavy atom. The van der Waals surface area contributed by atoms with Crippen molar-refractivity contribution in [2.24, 2.45) is 5.41 Å². The molecule has 0 rings (SSSR count). The lowest BCUT2D eigenvalue weighted by molar-refractivity contribution is 0.0431. The van der Waals surface area contributed by atoms with Crippen LogP contribution in [0.3, 0.4) is 0 Å². The fourth-order valence-electron chi connectivity index (χ4n) is 2.28. The Bertz CT molecular complexity index is 142. The number of rotatable bonds is 11. The van der Waals surface area contributed by atoms with Gasteiger partial charge in [-0.3, -0.25) is 0 Å². The van der Waals surface area contributed by atoms with Crippen LogP contribution in [0.4, 0.5) is 0 Å². The quantitative estimate of drug-likeness (QED) is 0.410. The standard InChI is InChI=1S/C14H30OS/c1-4-7-8-11-15-12-14(13-16,9-5-2)10-6-3/h16H,4-13H2,1-3H3. The van der Waals surface area contributed by atoms with Gasteiger partial charge in [0, 0.05) is 12.0 Å². The van der Waals surface area contributed by atoms with E-state index in [-0.39, 0.29) is 0 Å². The summed E-state index contributed by atoms with van der Waals surface area (Å²) in [4.78, 5) is 0. The van der Waals surface area contributed by atoms with E-state index in [0.717, 1.165) is 19.0 Å². The molecule has 0 fully saturated rings. The summed E-state index contributed by atoms with van der Waals surface area (Å²) in [5.74, 6) is 0.961. The van der Waals surface area contributed by atoms with Gasteiger partial charge in [0.2, 0.25) is 0 Å². The molecule has 0 aliphatic rings. The second-order valence-corrected chi connectivity index (χ2v) is 5.23. The van der Waals surface area contributed by atoms with Crippen LogP contribution in [0, 0.1) is 5.41 Å². The van der Waals surface area contributed by atoms with Gasteiger partial charge in [0.25, 0.3) is 0 Å². The highest BCUT2D eigenvalue weighted by Crippen LogP contribution is 2.31. The molecule has 0 atom stereocenters. The molecule has 0 N–H and O–H groups in total. The number of unbranched alkanes of at least 4 members (excludes halogenated alkanes) is 2. The van der Waals surface area contributed by atoms with E-state index in [1.807, 2.05) is 0 Å². The van der Waals surface area contributed by atoms with Crippen molar-refractivity contribution >= 4 is 12.6 Å². The van der Waals surface area contributed by atoms with Crippen molar-refractivity contribution in [2.75, 3.05) is 19.0 Å². The molecule has 16 heavy (non-hydrogen) atoms. The Hall–Kier alpha value is 0.310. The van der Waals surface area contributed by atoms with Gasteiger partial charge in [-0.1, -0.05) is 46.5 Å². The molecule has 0 heterocycles. The summed E-state index contributed by atoms with van der Waals surface area (Å²) >= 11 is 4.53. The third-order valence-corrected chi connectivity index (χ3v) is 3.87. The molecule has 0 bridgehead atoms. The predicted molar refractivity (Wildman–Crippen MR) is 76.4 cm³/mol. The SMILES string of the molecule is CCCCCOCC(CS)(CCC)CCC. The fraction of sp³-hybridized carbons (Fsp3) is 1.00. The van der Waals surface area contributed by atoms with Crippen LogP contribution in [0.5, 0.6) is 0 Å². The molecule has 0 saturated heterocycles. The Labute approximate surface area is 108 Å². The molecule has 0 amide bonds. The van der Waals surface area contributed by atoms with E-state index in [9.17, 15) is 0 Å². The van der Waals surface area contributed by atoms with Crippen LogP contribution in [0.2, 0.25) is 0 Å². The van der Waals surface area contributed by atoms with Gasteiger partial charge in [-0.05, 0) is 25.0 Å². The summed E-state index contributed by atoms with van der Waals surface area (Å²) in [6, 6.07) is 0. The molecular weight excluding hydrogens is 216 g/mol. The van der Waals surface area contributed by atoms with E-state index < -0.39 is 0 Å². The molecule has 98 valence electrons. The summed E-state index contributed by atoms with van der Waals surface area (Å²) in [7, 11) is 0. The van der Waals surface area contributed by atoms with Crippen LogP contribution in [0.1, 0.15) is 65.7 Å². The molecule has 1 nitrogen and oxygen atoms in total. The van der Waals surface area contributed by atoms with E-state index in [4.69, 9.17) is 4.74 Å². The van der Waals surface area contributed by atoms with Crippen LogP contribution >= 0.6 is 12.6 Å². The average Bonchev–Trinajstić information content (AvgIpc) is 2.29. The maximum absolute atomic E-state index is 5.85. The smallest absolute Gasteiger partial charge is 0.0530 e. The highest BCUT2D eigenvalue weighted by atomic mass is 32.1. The Kier molecular flexibility index (Phi) is 10.7. The third-order valence-electron chi connectivity index (χ3n) is 3.20. The highest BCUT2D eigenvalue weighted by molar-refractivity contribution is 7.80. The van der Waals surface area contributed by atoms with Crippen molar-refractivity contribution in [1.29, 1.82) is 0 Å². The van der Waals surface area contributed by atoms with E-state index in [0.29, 0.717) is 5.41 Å². The average molecular weight is 246 g/mol. The van der Waals surface area contributed by atoms with Gasteiger partial charge in [-0.25, -0.2) is 0 Å². The highest BCUT2D eigenvalue weighted by Gasteiger charge is 2.26. The van der Waals surface area contributed by atoms with Gasteiger partial charge >= 0.3 is 0 Å². The molecule has 0 aliphatic heterocycles. The Morgan fingerprint density at radius 2 is 1.56 bits per heavy atom. The zero-order chi connectivity index (χ0) is 12.3. The van der Waals surface area contributed by atoms with Gasteiger partial charge in [0.15, 0.2) is 0 Å². The monoisotopic (exact) mass is 246 g/mol. The topological polar surface area (TPSA) is 9.23 Å². The first-order valence-corrected chi connectivity index (χ1v) is 7.56. The van der Waals surface area contributed by atoms with Gasteiger partial charge in [0.1, 0.15) is 0 Å². The molecule has 0 aromatic rings. The van der Waals surface area contributed by atoms with Crippen LogP contribution in [0.15, 0.2) is 0 Å². The molecule has 0 aliphatic carbocycles. The maximum Gasteiger partial charge on any atom is 0.0530 e. The Morgan fingerprint density at radius 3 is 2.00 bits per heavy atom. The van der Waals surface area contributed by atoms with E-state index >= 15 is 0 Å². The zero-order valence-electron chi connectivity index (χ0n) is 11.4. The number of thiol groups is 1. The molecular formula is C14H30OS. The van der Waals surface area contributed by atoms with E-state index in [2.05, 4.69) is 33.4 Å². The van der Waals surface area contributed by atoms with Crippen LogP contribution in [0.25, 0.3) is 0 Å². The van der Waals surface area contributed by atoms with E-state index in [1.165, 1.54) is 44.9 Å². The first-order chi connectivity index (χ1) is 7.74. The van der Waals surface area contributed by atoms with Crippen molar-refractivity contribution in [2.45, 2.75) is 65.7 Å². The molecule has 0 spiro atoms. The normalized spacial score (nSPS) is 12.0. The minimum absolute atomic E-state index is 0.332. The lowest BCUT2D eigenvalue weighted by Crippen LogP contribution is -2.29. The van der Waals surface area contributed by atoms with Crippen LogP contribution < -0.4 is 0 Å². The van der Waals surface area contributed by atoms with Crippen molar-refractivity contribution in [1.82, 2.24) is 0 Å². The van der Waals surface area contributed by atoms with E-state index in [1.54, 1.807) is 0 Å². The summed E-state index contributed by atoms with van der Waals surface area (Å²) in [5.41, 5.74) is 0.332. The molecule has 2 heteroatoms. The molecule has 0 saturated carbocycles. The van der Waals surface area contributed by atoms with Crippen LogP contribution in [-0.2, 0) is 4.74 Å². The summed E-state index contributed by atoms with van der Waals surface area (Å²) < 4.78 is 5.85. The van der Waals surface area contributed by atoms with Gasteiger partial charge in [-0.2, -0.15) is 12.6 Å². The van der Waals surface area contributed by atoms with Crippen molar-refractivity contribution in [3.8, 4) is 0 Å². The summed E-state index contributed by atoms with van der Waals surface area (Å²) in [5, 5.41) is 0. The minimum atomic E-state index is 0.332. The zero-order valence-corrected chi connectivity index (χ0v) is 12.3. The lowest BCUT2D eigenvalue weighted by Gasteiger charge is -2.31. The molecule has 0 radical (unpaired) electrons. The summed E-state index contributed by atoms with van der Waals surface area (Å²) in [6.07, 6.45) is 8.73. The lowest BCUT2D eigenvalue weighted by atomic mass is 9.82. The fourth-order valence-corrected chi connectivity index (χ4v) is 2.68. The van der Waals surface area contributed by atoms with Crippen molar-refractivity contribution in [3.05, 3.63) is 0 Å². The van der Waals surface area contributed by atoms with Crippen LogP contribution in [-0.4, -0.2) is 19.0 Å². The third kappa shape index (κ3) is 6.80. The molecule has 0 aromatic carbocycles. The van der Waals surface area contributed by atoms with Crippen molar-refractivity contribution < 1.29 is 4.74 Å². The van der Waals surface area contributed by atoms with Gasteiger partial charge < -0.3 is 4.74 Å². The molecule has 0 unspecified atom stereocenters. The Balaban J connectivity index is 3.89. The number of hydrogen-bond acceptors (Lipinski definition) is 2. The number of ether oxygens (including phenoxy) is 1. The van der Waals surface area contributed by atoms with Crippen molar-refractivity contribution in [3.63, 3.8) is 0 Å². The first kappa shape index (κ1) is 16.3. The number of hydrogen-bond donors (Lipinski definition) is 1. The molecule has 0 aromatic heterocycles. The minimum Gasteiger partial charge on any atom is -0.381 e. The predicted octanol–water partition coefficient (Wildman–Crippen LogP) is 4.71. The first-order valence-electron chi connectivity index (χ1n) is 6.93. The van der Waals surface area contributed by atoms with Gasteiger partial charge in [0.05, 0.1) is 6.61 Å². The summed E-state index contributed by atoms with van der Waals surface area (Å²) in [6.45, 7) is 8.57. The van der Waals surface area contributed by atoms with Gasteiger partial charge in [-0.15, -0.1) is 0 Å². The maximum atomic E-state index is 5.85. The second kappa shape index (κ2) is 10.5. The second-order valence-electron chi connectivity index (χ2n) is 4.92.